The van der Waals surface area contributed by atoms with Crippen LogP contribution in [-0.4, -0.2) is 40.0 Å². The topological polar surface area (TPSA) is 72.6 Å². The van der Waals surface area contributed by atoms with Gasteiger partial charge in [-0.3, -0.25) is 0 Å². The Morgan fingerprint density at radius 3 is 2.47 bits per heavy atom. The van der Waals surface area contributed by atoms with Crippen LogP contribution in [0.1, 0.15) is 16.7 Å². The van der Waals surface area contributed by atoms with Gasteiger partial charge in [0.2, 0.25) is 10.0 Å². The Morgan fingerprint density at radius 1 is 1.32 bits per heavy atom. The monoisotopic (exact) mass is 286 g/mol. The van der Waals surface area contributed by atoms with E-state index in [9.17, 15) is 8.42 Å². The molecule has 6 heteroatoms. The highest BCUT2D eigenvalue weighted by Gasteiger charge is 2.23. The molecule has 2 N–H and O–H groups in total. The summed E-state index contributed by atoms with van der Waals surface area (Å²) in [6, 6.07) is 3.57. The van der Waals surface area contributed by atoms with Crippen molar-refractivity contribution >= 4 is 10.0 Å². The van der Waals surface area contributed by atoms with Gasteiger partial charge in [-0.2, -0.15) is 4.31 Å². The van der Waals surface area contributed by atoms with Crippen LogP contribution >= 0.6 is 0 Å². The van der Waals surface area contributed by atoms with Gasteiger partial charge in [0.05, 0.1) is 11.5 Å². The third-order valence-electron chi connectivity index (χ3n) is 3.21. The van der Waals surface area contributed by atoms with E-state index in [0.29, 0.717) is 24.6 Å². The van der Waals surface area contributed by atoms with E-state index in [1.807, 2.05) is 19.9 Å². The van der Waals surface area contributed by atoms with Crippen LogP contribution in [0.15, 0.2) is 17.0 Å². The van der Waals surface area contributed by atoms with E-state index in [1.54, 1.807) is 20.2 Å². The first-order chi connectivity index (χ1) is 8.84. The molecular weight excluding hydrogens is 264 g/mol. The standard InChI is InChI=1S/C13H22N2O3S/c1-10-7-12(9-14)8-13(11(10)2)19(16,17)15(3)5-6-18-4/h7-8H,5-6,9,14H2,1-4H3. The van der Waals surface area contributed by atoms with Gasteiger partial charge in [-0.1, -0.05) is 6.07 Å². The predicted octanol–water partition coefficient (Wildman–Crippen LogP) is 1.03. The van der Waals surface area contributed by atoms with Crippen molar-refractivity contribution in [3.05, 3.63) is 28.8 Å². The fourth-order valence-corrected chi connectivity index (χ4v) is 3.29. The lowest BCUT2D eigenvalue weighted by Crippen LogP contribution is -2.30. The summed E-state index contributed by atoms with van der Waals surface area (Å²) in [5.74, 6) is 0. The molecule has 0 aliphatic heterocycles. The van der Waals surface area contributed by atoms with Crippen molar-refractivity contribution in [2.75, 3.05) is 27.3 Å². The van der Waals surface area contributed by atoms with Gasteiger partial charge in [-0.05, 0) is 36.6 Å². The minimum absolute atomic E-state index is 0.324. The maximum Gasteiger partial charge on any atom is 0.243 e. The number of likely N-dealkylation sites (N-methyl/N-ethyl adjacent to an activating group) is 1. The summed E-state index contributed by atoms with van der Waals surface area (Å²) in [5.41, 5.74) is 8.13. The van der Waals surface area contributed by atoms with E-state index < -0.39 is 10.0 Å². The molecule has 0 aliphatic rings. The van der Waals surface area contributed by atoms with Gasteiger partial charge >= 0.3 is 0 Å². The Labute approximate surface area is 115 Å². The number of nitrogens with zero attached hydrogens (tertiary/aromatic N) is 1. The van der Waals surface area contributed by atoms with Crippen LogP contribution in [0, 0.1) is 13.8 Å². The summed E-state index contributed by atoms with van der Waals surface area (Å²) < 4.78 is 31.2. The maximum atomic E-state index is 12.5. The van der Waals surface area contributed by atoms with Crippen molar-refractivity contribution in [1.82, 2.24) is 4.31 Å². The molecule has 19 heavy (non-hydrogen) atoms. The zero-order valence-electron chi connectivity index (χ0n) is 11.9. The second-order valence-corrected chi connectivity index (χ2v) is 6.57. The molecule has 0 spiro atoms. The van der Waals surface area contributed by atoms with Gasteiger partial charge in [0.15, 0.2) is 0 Å². The molecule has 1 aromatic carbocycles. The fourth-order valence-electron chi connectivity index (χ4n) is 1.79. The number of rotatable bonds is 6. The second kappa shape index (κ2) is 6.47. The smallest absolute Gasteiger partial charge is 0.243 e. The minimum atomic E-state index is -3.50. The third-order valence-corrected chi connectivity index (χ3v) is 5.20. The largest absolute Gasteiger partial charge is 0.383 e. The van der Waals surface area contributed by atoms with Crippen molar-refractivity contribution in [3.63, 3.8) is 0 Å². The van der Waals surface area contributed by atoms with Crippen molar-refractivity contribution in [2.45, 2.75) is 25.3 Å². The number of sulfonamides is 1. The van der Waals surface area contributed by atoms with Gasteiger partial charge < -0.3 is 10.5 Å². The third kappa shape index (κ3) is 3.54. The van der Waals surface area contributed by atoms with E-state index in [4.69, 9.17) is 10.5 Å². The molecule has 0 aliphatic carbocycles. The molecule has 0 bridgehead atoms. The molecule has 0 saturated carbocycles. The molecule has 0 radical (unpaired) electrons. The van der Waals surface area contributed by atoms with Gasteiger partial charge in [0.25, 0.3) is 0 Å². The molecule has 0 heterocycles. The van der Waals surface area contributed by atoms with Crippen molar-refractivity contribution in [2.24, 2.45) is 5.73 Å². The van der Waals surface area contributed by atoms with E-state index in [1.165, 1.54) is 4.31 Å². The molecule has 1 aromatic rings. The molecule has 0 amide bonds. The van der Waals surface area contributed by atoms with Crippen LogP contribution in [0.3, 0.4) is 0 Å². The summed E-state index contributed by atoms with van der Waals surface area (Å²) in [6.07, 6.45) is 0. The van der Waals surface area contributed by atoms with Gasteiger partial charge in [-0.25, -0.2) is 8.42 Å². The Balaban J connectivity index is 3.24. The van der Waals surface area contributed by atoms with Crippen molar-refractivity contribution < 1.29 is 13.2 Å². The van der Waals surface area contributed by atoms with Crippen LogP contribution in [-0.2, 0) is 21.3 Å². The number of methoxy groups -OCH3 is 1. The highest BCUT2D eigenvalue weighted by Crippen LogP contribution is 2.23. The van der Waals surface area contributed by atoms with E-state index in [2.05, 4.69) is 0 Å². The first-order valence-electron chi connectivity index (χ1n) is 6.10. The zero-order chi connectivity index (χ0) is 14.6. The quantitative estimate of drug-likeness (QED) is 0.847. The van der Waals surface area contributed by atoms with Crippen LogP contribution in [0.4, 0.5) is 0 Å². The molecule has 0 fully saturated rings. The van der Waals surface area contributed by atoms with E-state index >= 15 is 0 Å². The zero-order valence-corrected chi connectivity index (χ0v) is 12.8. The molecule has 0 saturated heterocycles. The van der Waals surface area contributed by atoms with Crippen LogP contribution in [0.25, 0.3) is 0 Å². The normalized spacial score (nSPS) is 12.1. The first-order valence-corrected chi connectivity index (χ1v) is 7.54. The lowest BCUT2D eigenvalue weighted by molar-refractivity contribution is 0.185. The molecule has 5 nitrogen and oxygen atoms in total. The second-order valence-electron chi connectivity index (χ2n) is 4.56. The van der Waals surface area contributed by atoms with Crippen molar-refractivity contribution in [3.8, 4) is 0 Å². The summed E-state index contributed by atoms with van der Waals surface area (Å²) in [7, 11) is -0.399. The lowest BCUT2D eigenvalue weighted by Gasteiger charge is -2.19. The number of ether oxygens (including phenoxy) is 1. The molecular formula is C13H22N2O3S. The average Bonchev–Trinajstić information content (AvgIpc) is 2.38. The van der Waals surface area contributed by atoms with Crippen molar-refractivity contribution in [1.29, 1.82) is 0 Å². The summed E-state index contributed by atoms with van der Waals surface area (Å²) in [6.45, 7) is 4.72. The Hall–Kier alpha value is -0.950. The van der Waals surface area contributed by atoms with Crippen LogP contribution in [0.5, 0.6) is 0 Å². The van der Waals surface area contributed by atoms with Gasteiger partial charge in [-0.15, -0.1) is 0 Å². The van der Waals surface area contributed by atoms with E-state index in [-0.39, 0.29) is 0 Å². The summed E-state index contributed by atoms with van der Waals surface area (Å²) in [5, 5.41) is 0. The Kier molecular flexibility index (Phi) is 5.49. The predicted molar refractivity (Wildman–Crippen MR) is 75.5 cm³/mol. The number of hydrogen-bond acceptors (Lipinski definition) is 4. The highest BCUT2D eigenvalue weighted by atomic mass is 32.2. The number of benzene rings is 1. The Bertz CT molecular complexity index is 541. The molecule has 1 rings (SSSR count). The molecule has 0 atom stereocenters. The number of nitrogens with two attached hydrogens (primary N) is 1. The average molecular weight is 286 g/mol. The summed E-state index contributed by atoms with van der Waals surface area (Å²) >= 11 is 0. The van der Waals surface area contributed by atoms with Gasteiger partial charge in [0.1, 0.15) is 0 Å². The minimum Gasteiger partial charge on any atom is -0.383 e. The first kappa shape index (κ1) is 16.1. The molecule has 0 unspecified atom stereocenters. The number of aryl methyl sites for hydroxylation is 1. The SMILES string of the molecule is COCCN(C)S(=O)(=O)c1cc(CN)cc(C)c1C. The fraction of sp³-hybridized carbons (Fsp3) is 0.538. The van der Waals surface area contributed by atoms with Gasteiger partial charge in [0, 0.05) is 27.2 Å². The van der Waals surface area contributed by atoms with Crippen LogP contribution in [0.2, 0.25) is 0 Å². The maximum absolute atomic E-state index is 12.5. The molecule has 108 valence electrons. The molecule has 0 aromatic heterocycles. The lowest BCUT2D eigenvalue weighted by atomic mass is 10.1. The summed E-state index contributed by atoms with van der Waals surface area (Å²) in [4.78, 5) is 0.326. The highest BCUT2D eigenvalue weighted by molar-refractivity contribution is 7.89. The van der Waals surface area contributed by atoms with E-state index in [0.717, 1.165) is 16.7 Å². The number of hydrogen-bond donors (Lipinski definition) is 1. The van der Waals surface area contributed by atoms with Crippen LogP contribution < -0.4 is 5.73 Å². The Morgan fingerprint density at radius 2 is 1.95 bits per heavy atom.